The van der Waals surface area contributed by atoms with Crippen molar-refractivity contribution in [2.45, 2.75) is 6.61 Å². The van der Waals surface area contributed by atoms with E-state index < -0.39 is 0 Å². The minimum atomic E-state index is -0.290. The van der Waals surface area contributed by atoms with Gasteiger partial charge in [-0.15, -0.1) is 11.3 Å². The molecule has 0 aliphatic rings. The van der Waals surface area contributed by atoms with Crippen LogP contribution >= 0.6 is 22.9 Å². The van der Waals surface area contributed by atoms with Crippen molar-refractivity contribution >= 4 is 44.7 Å². The van der Waals surface area contributed by atoms with Crippen molar-refractivity contribution in [3.8, 4) is 5.75 Å². The number of hydrogen-bond donors (Lipinski definition) is 1. The average molecular weight is 386 g/mol. The Bertz CT molecular complexity index is 1070. The standard InChI is InChI=1S/C19H13ClFN3OS/c20-16-9-14(24-18-15-6-7-26-19(15)23-11-22-18)4-5-17(16)25-10-12-2-1-3-13(21)8-12/h1-9,11H,10H2,(H,22,23,24). The third-order valence-corrected chi connectivity index (χ3v) is 4.86. The molecule has 2 heterocycles. The lowest BCUT2D eigenvalue weighted by atomic mass is 10.2. The second-order valence-corrected chi connectivity index (χ2v) is 6.85. The van der Waals surface area contributed by atoms with Crippen molar-refractivity contribution in [3.05, 3.63) is 76.6 Å². The summed E-state index contributed by atoms with van der Waals surface area (Å²) in [6.45, 7) is 0.242. The molecule has 1 N–H and O–H groups in total. The fourth-order valence-corrected chi connectivity index (χ4v) is 3.48. The van der Waals surface area contributed by atoms with Gasteiger partial charge in [0.25, 0.3) is 0 Å². The second-order valence-electron chi connectivity index (χ2n) is 5.55. The Hall–Kier alpha value is -2.70. The maximum Gasteiger partial charge on any atom is 0.142 e. The van der Waals surface area contributed by atoms with E-state index in [4.69, 9.17) is 16.3 Å². The molecule has 4 rings (SSSR count). The molecule has 0 radical (unpaired) electrons. The van der Waals surface area contributed by atoms with Crippen molar-refractivity contribution in [1.82, 2.24) is 9.97 Å². The maximum absolute atomic E-state index is 13.2. The first-order valence-corrected chi connectivity index (χ1v) is 9.07. The van der Waals surface area contributed by atoms with E-state index in [-0.39, 0.29) is 12.4 Å². The minimum Gasteiger partial charge on any atom is -0.487 e. The number of benzene rings is 2. The number of thiophene rings is 1. The van der Waals surface area contributed by atoms with E-state index in [0.29, 0.717) is 10.8 Å². The van der Waals surface area contributed by atoms with Crippen LogP contribution in [0.15, 0.2) is 60.2 Å². The molecule has 0 amide bonds. The Balaban J connectivity index is 1.50. The molecule has 4 aromatic rings. The summed E-state index contributed by atoms with van der Waals surface area (Å²) >= 11 is 7.88. The van der Waals surface area contributed by atoms with Crippen LogP contribution in [0.4, 0.5) is 15.9 Å². The van der Waals surface area contributed by atoms with Crippen LogP contribution in [-0.4, -0.2) is 9.97 Å². The number of aromatic nitrogens is 2. The predicted molar refractivity (Wildman–Crippen MR) is 103 cm³/mol. The summed E-state index contributed by atoms with van der Waals surface area (Å²) in [5.74, 6) is 0.965. The lowest BCUT2D eigenvalue weighted by molar-refractivity contribution is 0.306. The Morgan fingerprint density at radius 1 is 1.12 bits per heavy atom. The molecule has 0 aliphatic heterocycles. The van der Waals surface area contributed by atoms with Crippen LogP contribution in [0.25, 0.3) is 10.2 Å². The lowest BCUT2D eigenvalue weighted by Gasteiger charge is -2.11. The average Bonchev–Trinajstić information content (AvgIpc) is 3.11. The van der Waals surface area contributed by atoms with Gasteiger partial charge < -0.3 is 10.1 Å². The first kappa shape index (κ1) is 16.8. The van der Waals surface area contributed by atoms with Gasteiger partial charge in [0, 0.05) is 5.69 Å². The van der Waals surface area contributed by atoms with Crippen LogP contribution in [0.1, 0.15) is 5.56 Å². The number of nitrogens with zero attached hydrogens (tertiary/aromatic N) is 2. The van der Waals surface area contributed by atoms with Crippen LogP contribution in [0.2, 0.25) is 5.02 Å². The Morgan fingerprint density at radius 3 is 2.88 bits per heavy atom. The largest absolute Gasteiger partial charge is 0.487 e. The third-order valence-electron chi connectivity index (χ3n) is 3.74. The van der Waals surface area contributed by atoms with Crippen molar-refractivity contribution in [1.29, 1.82) is 0 Å². The maximum atomic E-state index is 13.2. The van der Waals surface area contributed by atoms with Crippen LogP contribution in [0, 0.1) is 5.82 Å². The first-order valence-electron chi connectivity index (χ1n) is 7.81. The van der Waals surface area contributed by atoms with Crippen molar-refractivity contribution in [2.75, 3.05) is 5.32 Å². The van der Waals surface area contributed by atoms with Crippen LogP contribution in [-0.2, 0) is 6.61 Å². The first-order chi connectivity index (χ1) is 12.7. The Morgan fingerprint density at radius 2 is 2.04 bits per heavy atom. The molecule has 26 heavy (non-hydrogen) atoms. The van der Waals surface area contributed by atoms with E-state index in [0.717, 1.165) is 27.3 Å². The van der Waals surface area contributed by atoms with Gasteiger partial charge in [0.2, 0.25) is 0 Å². The number of anilines is 2. The lowest BCUT2D eigenvalue weighted by Crippen LogP contribution is -1.98. The molecule has 130 valence electrons. The fourth-order valence-electron chi connectivity index (χ4n) is 2.51. The molecule has 2 aromatic carbocycles. The Labute approximate surface area is 158 Å². The highest BCUT2D eigenvalue weighted by molar-refractivity contribution is 7.16. The van der Waals surface area contributed by atoms with E-state index in [1.165, 1.54) is 18.5 Å². The van der Waals surface area contributed by atoms with Gasteiger partial charge in [-0.1, -0.05) is 23.7 Å². The molecule has 4 nitrogen and oxygen atoms in total. The number of hydrogen-bond acceptors (Lipinski definition) is 5. The molecule has 0 aliphatic carbocycles. The van der Waals surface area contributed by atoms with Gasteiger partial charge >= 0.3 is 0 Å². The van der Waals surface area contributed by atoms with E-state index >= 15 is 0 Å². The fraction of sp³-hybridized carbons (Fsp3) is 0.0526. The number of halogens is 2. The molecule has 0 fully saturated rings. The van der Waals surface area contributed by atoms with E-state index in [1.54, 1.807) is 35.6 Å². The zero-order chi connectivity index (χ0) is 17.9. The molecule has 0 saturated carbocycles. The zero-order valence-electron chi connectivity index (χ0n) is 13.4. The minimum absolute atomic E-state index is 0.242. The summed E-state index contributed by atoms with van der Waals surface area (Å²) in [5.41, 5.74) is 1.53. The van der Waals surface area contributed by atoms with Gasteiger partial charge in [0.05, 0.1) is 10.4 Å². The molecule has 0 spiro atoms. The molecule has 0 atom stereocenters. The topological polar surface area (TPSA) is 47.0 Å². The molecular formula is C19H13ClFN3OS. The molecule has 2 aromatic heterocycles. The number of nitrogens with one attached hydrogen (secondary N) is 1. The smallest absolute Gasteiger partial charge is 0.142 e. The van der Waals surface area contributed by atoms with Gasteiger partial charge in [0.15, 0.2) is 0 Å². The Kier molecular flexibility index (Phi) is 4.69. The van der Waals surface area contributed by atoms with Crippen LogP contribution in [0.5, 0.6) is 5.75 Å². The van der Waals surface area contributed by atoms with Gasteiger partial charge in [-0.3, -0.25) is 0 Å². The second kappa shape index (κ2) is 7.27. The highest BCUT2D eigenvalue weighted by atomic mass is 35.5. The molecule has 7 heteroatoms. The van der Waals surface area contributed by atoms with Gasteiger partial charge in [-0.2, -0.15) is 0 Å². The molecule has 0 bridgehead atoms. The molecular weight excluding hydrogens is 373 g/mol. The number of fused-ring (bicyclic) bond motifs is 1. The third kappa shape index (κ3) is 3.61. The van der Waals surface area contributed by atoms with Crippen LogP contribution < -0.4 is 10.1 Å². The normalized spacial score (nSPS) is 10.8. The van der Waals surface area contributed by atoms with Crippen LogP contribution in [0.3, 0.4) is 0 Å². The quantitative estimate of drug-likeness (QED) is 0.471. The zero-order valence-corrected chi connectivity index (χ0v) is 15.0. The SMILES string of the molecule is Fc1cccc(COc2ccc(Nc3ncnc4sccc34)cc2Cl)c1. The van der Waals surface area contributed by atoms with E-state index in [1.807, 2.05) is 17.5 Å². The summed E-state index contributed by atoms with van der Waals surface area (Å²) in [6, 6.07) is 13.6. The highest BCUT2D eigenvalue weighted by Gasteiger charge is 2.08. The molecule has 0 unspecified atom stereocenters. The summed E-state index contributed by atoms with van der Waals surface area (Å²) in [4.78, 5) is 9.43. The summed E-state index contributed by atoms with van der Waals surface area (Å²) in [6.07, 6.45) is 1.53. The highest BCUT2D eigenvalue weighted by Crippen LogP contribution is 2.31. The number of rotatable bonds is 5. The van der Waals surface area contributed by atoms with Gasteiger partial charge in [-0.05, 0) is 47.3 Å². The summed E-state index contributed by atoms with van der Waals surface area (Å²) in [7, 11) is 0. The van der Waals surface area contributed by atoms with E-state index in [2.05, 4.69) is 15.3 Å². The summed E-state index contributed by atoms with van der Waals surface area (Å²) < 4.78 is 18.9. The van der Waals surface area contributed by atoms with Gasteiger partial charge in [-0.25, -0.2) is 14.4 Å². The van der Waals surface area contributed by atoms with E-state index in [9.17, 15) is 4.39 Å². The number of ether oxygens (including phenoxy) is 1. The molecule has 0 saturated heterocycles. The van der Waals surface area contributed by atoms with Crippen molar-refractivity contribution in [3.63, 3.8) is 0 Å². The monoisotopic (exact) mass is 385 g/mol. The van der Waals surface area contributed by atoms with Gasteiger partial charge in [0.1, 0.15) is 35.1 Å². The summed E-state index contributed by atoms with van der Waals surface area (Å²) in [5, 5.41) is 6.64. The predicted octanol–water partition coefficient (Wildman–Crippen LogP) is 5.81. The van der Waals surface area contributed by atoms with Crippen molar-refractivity contribution < 1.29 is 9.13 Å². The van der Waals surface area contributed by atoms with Crippen molar-refractivity contribution in [2.24, 2.45) is 0 Å².